The van der Waals surface area contributed by atoms with Crippen molar-refractivity contribution in [1.29, 1.82) is 0 Å². The lowest BCUT2D eigenvalue weighted by Gasteiger charge is -2.08. The zero-order valence-electron chi connectivity index (χ0n) is 8.77. The van der Waals surface area contributed by atoms with E-state index in [0.29, 0.717) is 5.05 Å². The Morgan fingerprint density at radius 3 is 2.33 bits per heavy atom. The van der Waals surface area contributed by atoms with Gasteiger partial charge in [-0.15, -0.1) is 0 Å². The number of hydrogen-bond acceptors (Lipinski definition) is 2. The van der Waals surface area contributed by atoms with Gasteiger partial charge in [0.1, 0.15) is 0 Å². The SMILES string of the molecule is CCC(C1=S(=O)(O)O1)c1ccc(C)cc1. The van der Waals surface area contributed by atoms with E-state index < -0.39 is 10.1 Å². The van der Waals surface area contributed by atoms with Crippen LogP contribution in [0.4, 0.5) is 0 Å². The Kier molecular flexibility index (Phi) is 2.58. The van der Waals surface area contributed by atoms with Crippen LogP contribution in [-0.2, 0) is 14.3 Å². The molecule has 82 valence electrons. The summed E-state index contributed by atoms with van der Waals surface area (Å²) in [5, 5.41) is 0.328. The molecule has 2 unspecified atom stereocenters. The van der Waals surface area contributed by atoms with E-state index in [1.807, 2.05) is 38.1 Å². The van der Waals surface area contributed by atoms with Crippen molar-refractivity contribution in [3.63, 3.8) is 0 Å². The summed E-state index contributed by atoms with van der Waals surface area (Å²) in [4.78, 5) is 0. The van der Waals surface area contributed by atoms with Gasteiger partial charge in [-0.25, -0.2) is 8.39 Å². The molecule has 0 amide bonds. The molecule has 0 saturated heterocycles. The molecule has 0 spiro atoms. The highest BCUT2D eigenvalue weighted by molar-refractivity contribution is 7.99. The van der Waals surface area contributed by atoms with Crippen molar-refractivity contribution in [3.8, 4) is 0 Å². The van der Waals surface area contributed by atoms with Crippen LogP contribution in [0.3, 0.4) is 0 Å². The van der Waals surface area contributed by atoms with Gasteiger partial charge in [-0.1, -0.05) is 36.8 Å². The molecule has 0 aromatic heterocycles. The Bertz CT molecular complexity index is 481. The number of aryl methyl sites for hydroxylation is 1. The summed E-state index contributed by atoms with van der Waals surface area (Å²) in [5.74, 6) is -0.0527. The Morgan fingerprint density at radius 2 is 1.93 bits per heavy atom. The van der Waals surface area contributed by atoms with Gasteiger partial charge < -0.3 is 0 Å². The third-order valence-corrected chi connectivity index (χ3v) is 3.73. The van der Waals surface area contributed by atoms with Crippen LogP contribution in [0.5, 0.6) is 0 Å². The van der Waals surface area contributed by atoms with Crippen LogP contribution < -0.4 is 0 Å². The molecular weight excluding hydrogens is 212 g/mol. The maximum Gasteiger partial charge on any atom is 0.235 e. The van der Waals surface area contributed by atoms with Crippen LogP contribution in [0.2, 0.25) is 0 Å². The van der Waals surface area contributed by atoms with E-state index in [1.165, 1.54) is 5.56 Å². The highest BCUT2D eigenvalue weighted by Crippen LogP contribution is 2.31. The van der Waals surface area contributed by atoms with Crippen molar-refractivity contribution in [3.05, 3.63) is 35.4 Å². The summed E-state index contributed by atoms with van der Waals surface area (Å²) in [6.45, 7) is 4.00. The van der Waals surface area contributed by atoms with Gasteiger partial charge in [-0.05, 0) is 18.9 Å². The average molecular weight is 226 g/mol. The minimum atomic E-state index is -3.06. The van der Waals surface area contributed by atoms with Gasteiger partial charge in [0.2, 0.25) is 10.1 Å². The molecule has 2 rings (SSSR count). The van der Waals surface area contributed by atoms with Crippen LogP contribution in [0.1, 0.15) is 30.4 Å². The van der Waals surface area contributed by atoms with Crippen LogP contribution in [0, 0.1) is 6.92 Å². The molecule has 0 aliphatic carbocycles. The number of hydrogen-bond donors (Lipinski definition) is 1. The molecule has 15 heavy (non-hydrogen) atoms. The van der Waals surface area contributed by atoms with Gasteiger partial charge in [0, 0.05) is 5.92 Å². The van der Waals surface area contributed by atoms with E-state index in [1.54, 1.807) is 0 Å². The molecular formula is C11H14O3S. The van der Waals surface area contributed by atoms with Crippen molar-refractivity contribution in [1.82, 2.24) is 0 Å². The Hall–Kier alpha value is -0.840. The van der Waals surface area contributed by atoms with Crippen molar-refractivity contribution < 1.29 is 12.9 Å². The van der Waals surface area contributed by atoms with E-state index in [9.17, 15) is 8.76 Å². The zero-order chi connectivity index (χ0) is 11.1. The second-order valence-corrected chi connectivity index (χ2v) is 5.27. The van der Waals surface area contributed by atoms with Gasteiger partial charge >= 0.3 is 0 Å². The third kappa shape index (κ3) is 2.07. The second-order valence-electron chi connectivity index (χ2n) is 3.75. The molecule has 4 heteroatoms. The van der Waals surface area contributed by atoms with E-state index >= 15 is 0 Å². The first kappa shape index (κ1) is 10.7. The van der Waals surface area contributed by atoms with Crippen molar-refractivity contribution in [2.24, 2.45) is 0 Å². The van der Waals surface area contributed by atoms with Crippen LogP contribution >= 0.6 is 0 Å². The van der Waals surface area contributed by atoms with Crippen molar-refractivity contribution in [2.45, 2.75) is 26.2 Å². The molecule has 1 heterocycles. The van der Waals surface area contributed by atoms with Crippen molar-refractivity contribution >= 4 is 15.1 Å². The molecule has 0 radical (unpaired) electrons. The Labute approximate surface area is 90.1 Å². The predicted molar refractivity (Wildman–Crippen MR) is 61.1 cm³/mol. The fourth-order valence-corrected chi connectivity index (χ4v) is 2.81. The summed E-state index contributed by atoms with van der Waals surface area (Å²) >= 11 is 0. The van der Waals surface area contributed by atoms with E-state index in [2.05, 4.69) is 0 Å². The standard InChI is InChI=1S/C11H14O3S/c1-3-10(11-14-15(11,12)13)9-6-4-8(2)5-7-9/h4-7,10H,3H2,1-2H3,(H,12,13). The topological polar surface area (TPSA) is 49.8 Å². The lowest BCUT2D eigenvalue weighted by atomic mass is 9.97. The normalized spacial score (nSPS) is 26.5. The highest BCUT2D eigenvalue weighted by Gasteiger charge is 2.38. The minimum Gasteiger partial charge on any atom is -0.291 e. The number of benzene rings is 1. The lowest BCUT2D eigenvalue weighted by Crippen LogP contribution is -2.03. The predicted octanol–water partition coefficient (Wildman–Crippen LogP) is 2.32. The molecule has 1 aromatic rings. The number of rotatable bonds is 3. The third-order valence-electron chi connectivity index (χ3n) is 2.60. The van der Waals surface area contributed by atoms with Gasteiger partial charge in [-0.2, -0.15) is 0 Å². The Morgan fingerprint density at radius 1 is 1.40 bits per heavy atom. The fraction of sp³-hybridized carbons (Fsp3) is 0.364. The summed E-state index contributed by atoms with van der Waals surface area (Å²) in [6, 6.07) is 7.96. The van der Waals surface area contributed by atoms with Crippen LogP contribution in [0.15, 0.2) is 24.3 Å². The molecule has 0 bridgehead atoms. The molecule has 1 aromatic carbocycles. The summed E-state index contributed by atoms with van der Waals surface area (Å²) in [5.41, 5.74) is 2.22. The highest BCUT2D eigenvalue weighted by atomic mass is 32.3. The smallest absolute Gasteiger partial charge is 0.235 e. The molecule has 0 fully saturated rings. The largest absolute Gasteiger partial charge is 0.291 e. The second kappa shape index (κ2) is 3.63. The summed E-state index contributed by atoms with van der Waals surface area (Å²) in [7, 11) is -3.06. The first-order chi connectivity index (χ1) is 7.04. The quantitative estimate of drug-likeness (QED) is 0.805. The first-order valence-electron chi connectivity index (χ1n) is 4.94. The van der Waals surface area contributed by atoms with E-state index in [-0.39, 0.29) is 5.92 Å². The lowest BCUT2D eigenvalue weighted by molar-refractivity contribution is 0.490. The molecule has 0 saturated carbocycles. The molecule has 1 N–H and O–H groups in total. The molecule has 1 aliphatic rings. The van der Waals surface area contributed by atoms with E-state index in [0.717, 1.165) is 12.0 Å². The van der Waals surface area contributed by atoms with Crippen LogP contribution in [-0.4, -0.2) is 13.8 Å². The summed E-state index contributed by atoms with van der Waals surface area (Å²) in [6.07, 6.45) is 0.774. The molecule has 2 atom stereocenters. The van der Waals surface area contributed by atoms with Gasteiger partial charge in [0.25, 0.3) is 0 Å². The molecule has 3 nitrogen and oxygen atoms in total. The summed E-state index contributed by atoms with van der Waals surface area (Å²) < 4.78 is 25.1. The Balaban J connectivity index is 2.33. The zero-order valence-corrected chi connectivity index (χ0v) is 9.58. The minimum absolute atomic E-state index is 0.0527. The molecule has 1 aliphatic heterocycles. The first-order valence-corrected chi connectivity index (χ1v) is 6.38. The van der Waals surface area contributed by atoms with Gasteiger partial charge in [-0.3, -0.25) is 4.55 Å². The van der Waals surface area contributed by atoms with Crippen molar-refractivity contribution in [2.75, 3.05) is 0 Å². The fourth-order valence-electron chi connectivity index (χ4n) is 1.67. The van der Waals surface area contributed by atoms with Gasteiger partial charge in [0.15, 0.2) is 5.05 Å². The van der Waals surface area contributed by atoms with E-state index in [4.69, 9.17) is 4.18 Å². The maximum absolute atomic E-state index is 11.2. The average Bonchev–Trinajstić information content (AvgIpc) is 2.80. The maximum atomic E-state index is 11.2. The van der Waals surface area contributed by atoms with Gasteiger partial charge in [0.05, 0.1) is 0 Å². The van der Waals surface area contributed by atoms with Crippen LogP contribution in [0.25, 0.3) is 0 Å². The monoisotopic (exact) mass is 226 g/mol.